The maximum atomic E-state index is 13.1. The topological polar surface area (TPSA) is 88.9 Å². The van der Waals surface area contributed by atoms with E-state index < -0.39 is 21.7 Å². The van der Waals surface area contributed by atoms with Crippen LogP contribution in [0.3, 0.4) is 0 Å². The van der Waals surface area contributed by atoms with Crippen LogP contribution in [0, 0.1) is 5.82 Å². The van der Waals surface area contributed by atoms with Gasteiger partial charge in [-0.25, -0.2) is 12.8 Å². The highest BCUT2D eigenvalue weighted by Crippen LogP contribution is 2.21. The number of rotatable bonds is 4. The molecule has 3 rings (SSSR count). The van der Waals surface area contributed by atoms with Gasteiger partial charge < -0.3 is 14.5 Å². The summed E-state index contributed by atoms with van der Waals surface area (Å²) in [5.74, 6) is -1.34. The zero-order chi connectivity index (χ0) is 17.2. The Bertz CT molecular complexity index is 843. The maximum absolute atomic E-state index is 13.1. The molecule has 0 aliphatic carbocycles. The molecule has 1 aromatic carbocycles. The van der Waals surface area contributed by atoms with E-state index in [9.17, 15) is 17.6 Å². The number of carbonyl (C=O) groups is 1. The van der Waals surface area contributed by atoms with Crippen molar-refractivity contribution >= 4 is 21.6 Å². The van der Waals surface area contributed by atoms with Gasteiger partial charge in [-0.3, -0.25) is 4.79 Å². The molecule has 0 unspecified atom stereocenters. The Labute approximate surface area is 138 Å². The number of ether oxygens (including phenoxy) is 1. The molecule has 1 aliphatic heterocycles. The number of morpholine rings is 1. The average molecular weight is 354 g/mol. The van der Waals surface area contributed by atoms with E-state index in [4.69, 9.17) is 9.15 Å². The first-order valence-corrected chi connectivity index (χ1v) is 8.65. The van der Waals surface area contributed by atoms with E-state index >= 15 is 0 Å². The molecule has 0 bridgehead atoms. The van der Waals surface area contributed by atoms with E-state index in [-0.39, 0.29) is 29.6 Å². The van der Waals surface area contributed by atoms with Crippen molar-refractivity contribution in [2.75, 3.05) is 31.6 Å². The van der Waals surface area contributed by atoms with Gasteiger partial charge >= 0.3 is 0 Å². The number of carbonyl (C=O) groups excluding carboxylic acids is 1. The zero-order valence-corrected chi connectivity index (χ0v) is 13.4. The molecule has 1 N–H and O–H groups in total. The monoisotopic (exact) mass is 354 g/mol. The molecule has 1 aliphatic rings. The first-order chi connectivity index (χ1) is 11.5. The second kappa shape index (κ2) is 6.71. The summed E-state index contributed by atoms with van der Waals surface area (Å²) in [6, 6.07) is 7.84. The van der Waals surface area contributed by atoms with Crippen LogP contribution in [0.2, 0.25) is 0 Å². The third-order valence-corrected chi connectivity index (χ3v) is 5.22. The minimum Gasteiger partial charge on any atom is -0.438 e. The summed E-state index contributed by atoms with van der Waals surface area (Å²) in [6.45, 7) is 1.08. The molecule has 0 radical (unpaired) electrons. The van der Waals surface area contributed by atoms with Gasteiger partial charge in [0, 0.05) is 18.8 Å². The van der Waals surface area contributed by atoms with Crippen LogP contribution in [0.15, 0.2) is 45.9 Å². The first-order valence-electron chi connectivity index (χ1n) is 7.21. The fourth-order valence-corrected chi connectivity index (χ4v) is 3.57. The van der Waals surface area contributed by atoms with Gasteiger partial charge in [-0.1, -0.05) is 6.07 Å². The van der Waals surface area contributed by atoms with Crippen molar-refractivity contribution in [3.8, 4) is 0 Å². The molecule has 24 heavy (non-hydrogen) atoms. The van der Waals surface area contributed by atoms with Crippen LogP contribution in [0.1, 0.15) is 10.6 Å². The Morgan fingerprint density at radius 3 is 2.62 bits per heavy atom. The van der Waals surface area contributed by atoms with Crippen molar-refractivity contribution < 1.29 is 26.8 Å². The second-order valence-corrected chi connectivity index (χ2v) is 6.97. The second-order valence-electron chi connectivity index (χ2n) is 5.10. The van der Waals surface area contributed by atoms with Gasteiger partial charge in [0.05, 0.1) is 13.2 Å². The summed E-state index contributed by atoms with van der Waals surface area (Å²) in [5, 5.41) is 2.13. The lowest BCUT2D eigenvalue weighted by Crippen LogP contribution is -2.40. The Balaban J connectivity index is 1.76. The number of hydrogen-bond donors (Lipinski definition) is 1. The van der Waals surface area contributed by atoms with Crippen LogP contribution in [-0.4, -0.2) is 44.9 Å². The van der Waals surface area contributed by atoms with Crippen LogP contribution in [0.4, 0.5) is 10.1 Å². The third kappa shape index (κ3) is 3.48. The molecule has 7 nitrogen and oxygen atoms in total. The zero-order valence-electron chi connectivity index (χ0n) is 12.6. The van der Waals surface area contributed by atoms with Gasteiger partial charge in [-0.05, 0) is 30.3 Å². The van der Waals surface area contributed by atoms with Crippen molar-refractivity contribution in [2.45, 2.75) is 5.09 Å². The normalized spacial score (nSPS) is 16.0. The fraction of sp³-hybridized carbons (Fsp3) is 0.267. The third-order valence-electron chi connectivity index (χ3n) is 3.45. The Morgan fingerprint density at radius 1 is 1.17 bits per heavy atom. The summed E-state index contributed by atoms with van der Waals surface area (Å²) in [4.78, 5) is 12.1. The number of halogens is 1. The van der Waals surface area contributed by atoms with Crippen molar-refractivity contribution in [3.63, 3.8) is 0 Å². The molecular weight excluding hydrogens is 339 g/mol. The number of nitrogens with one attached hydrogen (secondary N) is 1. The van der Waals surface area contributed by atoms with E-state index in [1.165, 1.54) is 34.6 Å². The fourth-order valence-electron chi connectivity index (χ4n) is 2.25. The minimum atomic E-state index is -3.81. The first kappa shape index (κ1) is 16.6. The molecule has 2 heterocycles. The van der Waals surface area contributed by atoms with Gasteiger partial charge in [0.25, 0.3) is 15.9 Å². The lowest BCUT2D eigenvalue weighted by molar-refractivity contribution is 0.0723. The summed E-state index contributed by atoms with van der Waals surface area (Å²) >= 11 is 0. The highest BCUT2D eigenvalue weighted by atomic mass is 32.2. The van der Waals surface area contributed by atoms with Gasteiger partial charge in [-0.2, -0.15) is 4.31 Å². The Kier molecular flexibility index (Phi) is 4.65. The van der Waals surface area contributed by atoms with Gasteiger partial charge in [0.2, 0.25) is 5.09 Å². The summed E-state index contributed by atoms with van der Waals surface area (Å²) in [6.07, 6.45) is 0. The molecule has 0 saturated carbocycles. The summed E-state index contributed by atoms with van der Waals surface area (Å²) in [5.41, 5.74) is 0.244. The van der Waals surface area contributed by atoms with Crippen molar-refractivity contribution in [2.24, 2.45) is 0 Å². The number of nitrogens with zero attached hydrogens (tertiary/aromatic N) is 1. The highest BCUT2D eigenvalue weighted by molar-refractivity contribution is 7.89. The van der Waals surface area contributed by atoms with E-state index in [2.05, 4.69) is 5.32 Å². The van der Waals surface area contributed by atoms with Crippen LogP contribution in [-0.2, 0) is 14.8 Å². The molecule has 2 aromatic rings. The van der Waals surface area contributed by atoms with E-state index in [1.807, 2.05) is 0 Å². The largest absolute Gasteiger partial charge is 0.438 e. The van der Waals surface area contributed by atoms with E-state index in [1.54, 1.807) is 0 Å². The number of hydrogen-bond acceptors (Lipinski definition) is 5. The van der Waals surface area contributed by atoms with Crippen LogP contribution >= 0.6 is 0 Å². The van der Waals surface area contributed by atoms with Gasteiger partial charge in [-0.15, -0.1) is 0 Å². The minimum absolute atomic E-state index is 0.175. The molecule has 0 atom stereocenters. The van der Waals surface area contributed by atoms with Crippen molar-refractivity contribution in [1.82, 2.24) is 4.31 Å². The SMILES string of the molecule is O=C(Nc1cccc(F)c1)c1ccc(S(=O)(=O)N2CCOCC2)o1. The predicted octanol–water partition coefficient (Wildman–Crippen LogP) is 1.69. The van der Waals surface area contributed by atoms with Crippen LogP contribution in [0.25, 0.3) is 0 Å². The lowest BCUT2D eigenvalue weighted by atomic mass is 10.3. The predicted molar refractivity (Wildman–Crippen MR) is 82.6 cm³/mol. The molecular formula is C15H15FN2O5S. The van der Waals surface area contributed by atoms with E-state index in [0.717, 1.165) is 6.07 Å². The number of sulfonamides is 1. The summed E-state index contributed by atoms with van der Waals surface area (Å²) in [7, 11) is -3.81. The number of amides is 1. The number of benzene rings is 1. The smallest absolute Gasteiger partial charge is 0.291 e. The molecule has 1 fully saturated rings. The van der Waals surface area contributed by atoms with Crippen molar-refractivity contribution in [3.05, 3.63) is 48.0 Å². The molecule has 1 amide bonds. The van der Waals surface area contributed by atoms with Gasteiger partial charge in [0.15, 0.2) is 5.76 Å². The average Bonchev–Trinajstić information content (AvgIpc) is 3.07. The standard InChI is InChI=1S/C15H15FN2O5S/c16-11-2-1-3-12(10-11)17-15(19)13-4-5-14(23-13)24(20,21)18-6-8-22-9-7-18/h1-5,10H,6-9H2,(H,17,19). The number of furan rings is 1. The highest BCUT2D eigenvalue weighted by Gasteiger charge is 2.30. The Morgan fingerprint density at radius 2 is 1.92 bits per heavy atom. The molecule has 128 valence electrons. The molecule has 0 spiro atoms. The van der Waals surface area contributed by atoms with Crippen molar-refractivity contribution in [1.29, 1.82) is 0 Å². The lowest BCUT2D eigenvalue weighted by Gasteiger charge is -2.24. The maximum Gasteiger partial charge on any atom is 0.291 e. The Hall–Kier alpha value is -2.23. The van der Waals surface area contributed by atoms with Crippen LogP contribution in [0.5, 0.6) is 0 Å². The molecule has 9 heteroatoms. The van der Waals surface area contributed by atoms with E-state index in [0.29, 0.717) is 13.2 Å². The molecule has 1 aromatic heterocycles. The van der Waals surface area contributed by atoms with Gasteiger partial charge in [0.1, 0.15) is 5.82 Å². The number of anilines is 1. The quantitative estimate of drug-likeness (QED) is 0.903. The van der Waals surface area contributed by atoms with Crippen LogP contribution < -0.4 is 5.32 Å². The summed E-state index contributed by atoms with van der Waals surface area (Å²) < 4.78 is 49.5. The molecule has 1 saturated heterocycles.